The third-order valence-electron chi connectivity index (χ3n) is 5.62. The first-order valence-electron chi connectivity index (χ1n) is 11.4. The SMILES string of the molecule is CC(C)Cc1c(C(F)(F)F)cnc2cc(Cn3cccc(N)c3=O)n(COCC[Si](C)(C)C)c12. The molecule has 34 heavy (non-hydrogen) atoms. The molecule has 0 atom stereocenters. The molecule has 0 aliphatic heterocycles. The van der Waals surface area contributed by atoms with Crippen molar-refractivity contribution in [1.82, 2.24) is 14.1 Å². The monoisotopic (exact) mass is 494 g/mol. The van der Waals surface area contributed by atoms with E-state index in [-0.39, 0.29) is 42.4 Å². The first kappa shape index (κ1) is 26.0. The summed E-state index contributed by atoms with van der Waals surface area (Å²) in [6.45, 7) is 11.2. The van der Waals surface area contributed by atoms with E-state index in [0.717, 1.165) is 12.2 Å². The molecule has 6 nitrogen and oxygen atoms in total. The number of pyridine rings is 2. The Morgan fingerprint density at radius 2 is 1.94 bits per heavy atom. The zero-order valence-corrected chi connectivity index (χ0v) is 21.4. The highest BCUT2D eigenvalue weighted by molar-refractivity contribution is 6.76. The van der Waals surface area contributed by atoms with Crippen LogP contribution in [-0.2, 0) is 30.6 Å². The molecule has 0 spiro atoms. The largest absolute Gasteiger partial charge is 0.418 e. The highest BCUT2D eigenvalue weighted by Gasteiger charge is 2.35. The first-order valence-corrected chi connectivity index (χ1v) is 15.1. The summed E-state index contributed by atoms with van der Waals surface area (Å²) < 4.78 is 50.9. The minimum absolute atomic E-state index is 0.00264. The van der Waals surface area contributed by atoms with Crippen molar-refractivity contribution in [3.05, 3.63) is 57.8 Å². The summed E-state index contributed by atoms with van der Waals surface area (Å²) in [6.07, 6.45) is -1.77. The van der Waals surface area contributed by atoms with Crippen LogP contribution in [0.5, 0.6) is 0 Å². The molecule has 0 aliphatic carbocycles. The number of hydrogen-bond acceptors (Lipinski definition) is 4. The number of alkyl halides is 3. The number of fused-ring (bicyclic) bond motifs is 1. The van der Waals surface area contributed by atoms with E-state index in [0.29, 0.717) is 23.3 Å². The first-order chi connectivity index (χ1) is 15.8. The third-order valence-corrected chi connectivity index (χ3v) is 7.33. The molecule has 3 aromatic heterocycles. The summed E-state index contributed by atoms with van der Waals surface area (Å²) in [5.41, 5.74) is 6.48. The molecule has 3 rings (SSSR count). The molecule has 3 aromatic rings. The molecule has 0 bridgehead atoms. The molecule has 0 aromatic carbocycles. The number of aromatic nitrogens is 3. The summed E-state index contributed by atoms with van der Waals surface area (Å²) in [5, 5.41) is 0. The number of rotatable bonds is 9. The quantitative estimate of drug-likeness (QED) is 0.321. The van der Waals surface area contributed by atoms with Crippen molar-refractivity contribution in [2.45, 2.75) is 65.4 Å². The molecule has 0 fully saturated rings. The van der Waals surface area contributed by atoms with E-state index in [2.05, 4.69) is 24.6 Å². The van der Waals surface area contributed by atoms with Crippen LogP contribution >= 0.6 is 0 Å². The van der Waals surface area contributed by atoms with Crippen molar-refractivity contribution in [2.75, 3.05) is 12.3 Å². The summed E-state index contributed by atoms with van der Waals surface area (Å²) >= 11 is 0. The normalized spacial score (nSPS) is 12.7. The molecule has 3 heterocycles. The van der Waals surface area contributed by atoms with Crippen LogP contribution in [0.4, 0.5) is 18.9 Å². The Bertz CT molecular complexity index is 1210. The van der Waals surface area contributed by atoms with E-state index >= 15 is 0 Å². The van der Waals surface area contributed by atoms with Gasteiger partial charge in [0.15, 0.2) is 0 Å². The van der Waals surface area contributed by atoms with Crippen LogP contribution in [-0.4, -0.2) is 28.8 Å². The van der Waals surface area contributed by atoms with Gasteiger partial charge in [-0.05, 0) is 42.1 Å². The summed E-state index contributed by atoms with van der Waals surface area (Å²) in [4.78, 5) is 16.7. The van der Waals surface area contributed by atoms with Gasteiger partial charge in [-0.3, -0.25) is 9.78 Å². The number of nitrogens with zero attached hydrogens (tertiary/aromatic N) is 3. The number of nitrogen functional groups attached to an aromatic ring is 1. The van der Waals surface area contributed by atoms with Crippen molar-refractivity contribution in [3.8, 4) is 0 Å². The van der Waals surface area contributed by atoms with Gasteiger partial charge < -0.3 is 19.6 Å². The minimum atomic E-state index is -4.52. The molecule has 0 saturated carbocycles. The van der Waals surface area contributed by atoms with E-state index in [4.69, 9.17) is 10.5 Å². The maximum Gasteiger partial charge on any atom is 0.418 e. The van der Waals surface area contributed by atoms with Gasteiger partial charge in [0.1, 0.15) is 6.73 Å². The van der Waals surface area contributed by atoms with Crippen molar-refractivity contribution in [1.29, 1.82) is 0 Å². The molecule has 0 aliphatic rings. The van der Waals surface area contributed by atoms with Crippen LogP contribution in [0.3, 0.4) is 0 Å². The fourth-order valence-electron chi connectivity index (χ4n) is 3.87. The van der Waals surface area contributed by atoms with Crippen molar-refractivity contribution in [3.63, 3.8) is 0 Å². The van der Waals surface area contributed by atoms with E-state index < -0.39 is 19.8 Å². The number of nitrogens with two attached hydrogens (primary N) is 1. The van der Waals surface area contributed by atoms with Gasteiger partial charge in [0.05, 0.1) is 28.8 Å². The van der Waals surface area contributed by atoms with Gasteiger partial charge in [-0.25, -0.2) is 0 Å². The van der Waals surface area contributed by atoms with Gasteiger partial charge in [-0.15, -0.1) is 0 Å². The molecule has 2 N–H and O–H groups in total. The summed E-state index contributed by atoms with van der Waals surface area (Å²) in [7, 11) is -1.34. The lowest BCUT2D eigenvalue weighted by atomic mass is 9.98. The van der Waals surface area contributed by atoms with Crippen LogP contribution in [0.15, 0.2) is 35.4 Å². The Balaban J connectivity index is 2.15. The maximum atomic E-state index is 13.9. The number of ether oxygens (including phenoxy) is 1. The molecule has 0 radical (unpaired) electrons. The zero-order valence-electron chi connectivity index (χ0n) is 20.4. The Labute approximate surface area is 198 Å². The second-order valence-electron chi connectivity index (χ2n) is 10.3. The molecule has 186 valence electrons. The predicted octanol–water partition coefficient (Wildman–Crippen LogP) is 5.36. The van der Waals surface area contributed by atoms with Gasteiger partial charge in [0.2, 0.25) is 0 Å². The highest BCUT2D eigenvalue weighted by Crippen LogP contribution is 2.37. The Hall–Kier alpha value is -2.59. The van der Waals surface area contributed by atoms with Gasteiger partial charge in [-0.2, -0.15) is 13.2 Å². The van der Waals surface area contributed by atoms with Crippen molar-refractivity contribution >= 4 is 24.8 Å². The standard InChI is InChI=1S/C24H33F3N4O2Si/c1-16(2)11-18-19(24(25,26)27)13-29-21-12-17(14-30-8-6-7-20(28)23(30)32)31(22(18)21)15-33-9-10-34(3,4)5/h6-8,12-13,16H,9-11,14-15,28H2,1-5H3. The lowest BCUT2D eigenvalue weighted by molar-refractivity contribution is -0.138. The molecule has 10 heteroatoms. The Kier molecular flexibility index (Phi) is 7.61. The predicted molar refractivity (Wildman–Crippen MR) is 132 cm³/mol. The highest BCUT2D eigenvalue weighted by atomic mass is 28.3. The molecular formula is C24H33F3N4O2Si. The minimum Gasteiger partial charge on any atom is -0.394 e. The van der Waals surface area contributed by atoms with Crippen molar-refractivity contribution in [2.24, 2.45) is 5.92 Å². The molecule has 0 saturated heterocycles. The number of halogens is 3. The average molecular weight is 495 g/mol. The fourth-order valence-corrected chi connectivity index (χ4v) is 4.62. The molecule has 0 unspecified atom stereocenters. The second-order valence-corrected chi connectivity index (χ2v) is 15.9. The average Bonchev–Trinajstić information content (AvgIpc) is 3.04. The smallest absolute Gasteiger partial charge is 0.394 e. The van der Waals surface area contributed by atoms with Crippen LogP contribution in [0.1, 0.15) is 30.7 Å². The van der Waals surface area contributed by atoms with Gasteiger partial charge in [0, 0.05) is 32.8 Å². The van der Waals surface area contributed by atoms with Gasteiger partial charge in [-0.1, -0.05) is 33.5 Å². The second kappa shape index (κ2) is 9.95. The lowest BCUT2D eigenvalue weighted by Gasteiger charge is -2.20. The third kappa shape index (κ3) is 6.09. The molecule has 0 amide bonds. The molecular weight excluding hydrogens is 461 g/mol. The van der Waals surface area contributed by atoms with E-state index in [1.54, 1.807) is 22.9 Å². The Morgan fingerprint density at radius 1 is 1.24 bits per heavy atom. The van der Waals surface area contributed by atoms with Crippen molar-refractivity contribution < 1.29 is 17.9 Å². The lowest BCUT2D eigenvalue weighted by Crippen LogP contribution is -2.24. The van der Waals surface area contributed by atoms with Gasteiger partial charge in [0.25, 0.3) is 5.56 Å². The van der Waals surface area contributed by atoms with E-state index in [9.17, 15) is 18.0 Å². The van der Waals surface area contributed by atoms with Crippen LogP contribution in [0, 0.1) is 5.92 Å². The zero-order chi connectivity index (χ0) is 25.3. The van der Waals surface area contributed by atoms with Crippen LogP contribution in [0.25, 0.3) is 11.0 Å². The Morgan fingerprint density at radius 3 is 2.56 bits per heavy atom. The topological polar surface area (TPSA) is 75.1 Å². The van der Waals surface area contributed by atoms with E-state index in [1.165, 1.54) is 10.6 Å². The van der Waals surface area contributed by atoms with Crippen LogP contribution in [0.2, 0.25) is 25.7 Å². The number of hydrogen-bond donors (Lipinski definition) is 1. The van der Waals surface area contributed by atoms with Gasteiger partial charge >= 0.3 is 6.18 Å². The summed E-state index contributed by atoms with van der Waals surface area (Å²) in [5.74, 6) is 0.00264. The fraction of sp³-hybridized carbons (Fsp3) is 0.500. The number of anilines is 1. The maximum absolute atomic E-state index is 13.9. The van der Waals surface area contributed by atoms with E-state index in [1.807, 2.05) is 13.8 Å². The van der Waals surface area contributed by atoms with Crippen LogP contribution < -0.4 is 11.3 Å². The summed E-state index contributed by atoms with van der Waals surface area (Å²) in [6, 6.07) is 5.85.